The van der Waals surface area contributed by atoms with Gasteiger partial charge in [-0.05, 0) is 65.1 Å². The second-order valence-electron chi connectivity index (χ2n) is 8.99. The lowest BCUT2D eigenvalue weighted by atomic mass is 9.99. The van der Waals surface area contributed by atoms with Gasteiger partial charge in [-0.25, -0.2) is 5.43 Å². The van der Waals surface area contributed by atoms with E-state index in [1.54, 1.807) is 6.21 Å². The number of benzene rings is 4. The highest BCUT2D eigenvalue weighted by Gasteiger charge is 2.12. The number of phenols is 1. The summed E-state index contributed by atoms with van der Waals surface area (Å²) >= 11 is 5.90. The van der Waals surface area contributed by atoms with E-state index >= 15 is 0 Å². The van der Waals surface area contributed by atoms with Crippen molar-refractivity contribution in [1.29, 1.82) is 0 Å². The first kappa shape index (κ1) is 27.9. The molecule has 0 atom stereocenters. The van der Waals surface area contributed by atoms with Crippen molar-refractivity contribution in [2.45, 2.75) is 20.0 Å². The molecular formula is C31H31ClN4O3. The molecule has 0 fully saturated rings. The van der Waals surface area contributed by atoms with Gasteiger partial charge in [-0.2, -0.15) is 5.10 Å². The number of nitrogens with zero attached hydrogens (tertiary/aromatic N) is 1. The average Bonchev–Trinajstić information content (AvgIpc) is 2.95. The van der Waals surface area contributed by atoms with Crippen LogP contribution in [0.4, 0.5) is 0 Å². The van der Waals surface area contributed by atoms with Crippen LogP contribution in [-0.2, 0) is 13.1 Å². The molecule has 0 saturated heterocycles. The summed E-state index contributed by atoms with van der Waals surface area (Å²) in [4.78, 5) is 12.4. The van der Waals surface area contributed by atoms with Crippen LogP contribution < -0.4 is 21.2 Å². The number of phenolic OH excluding ortho intramolecular Hbond substituents is 1. The van der Waals surface area contributed by atoms with Crippen LogP contribution in [0.5, 0.6) is 11.5 Å². The fraction of sp³-hybridized carbons (Fsp3) is 0.161. The van der Waals surface area contributed by atoms with E-state index in [0.29, 0.717) is 25.3 Å². The predicted octanol–water partition coefficient (Wildman–Crippen LogP) is 5.41. The number of amides is 1. The lowest BCUT2D eigenvalue weighted by Gasteiger charge is -2.16. The number of hydrazone groups is 1. The molecule has 8 heteroatoms. The van der Waals surface area contributed by atoms with E-state index < -0.39 is 5.91 Å². The first-order chi connectivity index (χ1) is 18.9. The minimum Gasteiger partial charge on any atom is -0.506 e. The number of carbonyl (C=O) groups excluding carboxylic acids is 1. The fourth-order valence-corrected chi connectivity index (χ4v) is 4.21. The van der Waals surface area contributed by atoms with E-state index in [9.17, 15) is 9.90 Å². The first-order valence-corrected chi connectivity index (χ1v) is 13.0. The summed E-state index contributed by atoms with van der Waals surface area (Å²) < 4.78 is 6.25. The summed E-state index contributed by atoms with van der Waals surface area (Å²) in [5, 5.41) is 17.2. The number of hydrogen-bond donors (Lipinski definition) is 4. The van der Waals surface area contributed by atoms with E-state index in [0.717, 1.165) is 40.1 Å². The van der Waals surface area contributed by atoms with Crippen molar-refractivity contribution in [3.05, 3.63) is 118 Å². The molecule has 4 aromatic carbocycles. The molecule has 4 rings (SSSR count). The third-order valence-corrected chi connectivity index (χ3v) is 6.39. The highest BCUT2D eigenvalue weighted by atomic mass is 35.5. The van der Waals surface area contributed by atoms with Crippen molar-refractivity contribution in [3.63, 3.8) is 0 Å². The van der Waals surface area contributed by atoms with E-state index in [1.807, 2.05) is 61.5 Å². The van der Waals surface area contributed by atoms with Crippen LogP contribution in [0.3, 0.4) is 0 Å². The van der Waals surface area contributed by atoms with E-state index in [2.05, 4.69) is 28.0 Å². The molecule has 0 spiro atoms. The van der Waals surface area contributed by atoms with Crippen molar-refractivity contribution in [1.82, 2.24) is 10.7 Å². The van der Waals surface area contributed by atoms with Crippen molar-refractivity contribution in [2.24, 2.45) is 10.8 Å². The van der Waals surface area contributed by atoms with Crippen LogP contribution in [0.2, 0.25) is 5.02 Å². The molecule has 0 unspecified atom stereocenters. The van der Waals surface area contributed by atoms with E-state index in [-0.39, 0.29) is 10.8 Å². The third kappa shape index (κ3) is 7.67. The lowest BCUT2D eigenvalue weighted by Crippen LogP contribution is -2.21. The smallest absolute Gasteiger partial charge is 0.271 e. The molecule has 0 aliphatic carbocycles. The topological polar surface area (TPSA) is 109 Å². The maximum absolute atomic E-state index is 12.4. The van der Waals surface area contributed by atoms with Gasteiger partial charge in [0.15, 0.2) is 0 Å². The summed E-state index contributed by atoms with van der Waals surface area (Å²) in [6.45, 7) is 4.46. The Kier molecular flexibility index (Phi) is 9.69. The fourth-order valence-electron chi connectivity index (χ4n) is 4.03. The number of rotatable bonds is 11. The SMILES string of the molecule is Cc1cc(/C=N\NC(=O)c2ccc(O)c(Cl)c2)cc(-c2ccccc2)c1OCCNCc1ccc(CN)cc1. The van der Waals surface area contributed by atoms with Gasteiger partial charge in [-0.3, -0.25) is 4.79 Å². The standard InChI is InChI=1S/C31H31ClN4O3/c1-21-15-24(20-35-36-31(38)26-11-12-29(37)28(32)17-26)16-27(25-5-3-2-4-6-25)30(21)39-14-13-34-19-23-9-7-22(18-33)8-10-23/h2-12,15-17,20,34,37H,13-14,18-19,33H2,1H3,(H,36,38)/b35-20-. The number of hydrogen-bond acceptors (Lipinski definition) is 6. The predicted molar refractivity (Wildman–Crippen MR) is 156 cm³/mol. The number of carbonyl (C=O) groups is 1. The number of nitrogens with one attached hydrogen (secondary N) is 2. The zero-order chi connectivity index (χ0) is 27.6. The Hall–Kier alpha value is -4.17. The Morgan fingerprint density at radius 1 is 1.03 bits per heavy atom. The molecule has 0 bridgehead atoms. The van der Waals surface area contributed by atoms with Gasteiger partial charge in [0.05, 0.1) is 11.2 Å². The zero-order valence-corrected chi connectivity index (χ0v) is 22.4. The molecule has 5 N–H and O–H groups in total. The summed E-state index contributed by atoms with van der Waals surface area (Å²) in [6.07, 6.45) is 1.58. The van der Waals surface area contributed by atoms with Crippen LogP contribution in [0.25, 0.3) is 11.1 Å². The lowest BCUT2D eigenvalue weighted by molar-refractivity contribution is 0.0955. The summed E-state index contributed by atoms with van der Waals surface area (Å²) in [7, 11) is 0. The van der Waals surface area contributed by atoms with Crippen LogP contribution in [0, 0.1) is 6.92 Å². The average molecular weight is 543 g/mol. The number of ether oxygens (including phenoxy) is 1. The van der Waals surface area contributed by atoms with Gasteiger partial charge in [0.25, 0.3) is 5.91 Å². The quantitative estimate of drug-likeness (QED) is 0.115. The molecule has 200 valence electrons. The molecule has 0 saturated carbocycles. The molecular weight excluding hydrogens is 512 g/mol. The number of halogens is 1. The Bertz CT molecular complexity index is 1440. The Morgan fingerprint density at radius 2 is 1.77 bits per heavy atom. The first-order valence-electron chi connectivity index (χ1n) is 12.6. The molecule has 39 heavy (non-hydrogen) atoms. The number of aryl methyl sites for hydroxylation is 1. The Morgan fingerprint density at radius 3 is 2.49 bits per heavy atom. The van der Waals surface area contributed by atoms with Crippen LogP contribution in [-0.4, -0.2) is 30.4 Å². The highest BCUT2D eigenvalue weighted by Crippen LogP contribution is 2.34. The molecule has 0 radical (unpaired) electrons. The minimum atomic E-state index is -0.434. The van der Waals surface area contributed by atoms with Crippen molar-refractivity contribution >= 4 is 23.7 Å². The van der Waals surface area contributed by atoms with Gasteiger partial charge in [-0.15, -0.1) is 0 Å². The van der Waals surface area contributed by atoms with Crippen molar-refractivity contribution in [2.75, 3.05) is 13.2 Å². The van der Waals surface area contributed by atoms with E-state index in [4.69, 9.17) is 22.1 Å². The monoisotopic (exact) mass is 542 g/mol. The molecule has 4 aromatic rings. The van der Waals surface area contributed by atoms with E-state index in [1.165, 1.54) is 23.8 Å². The normalized spacial score (nSPS) is 11.1. The van der Waals surface area contributed by atoms with Gasteiger partial charge in [0.1, 0.15) is 18.1 Å². The van der Waals surface area contributed by atoms with Gasteiger partial charge in [0.2, 0.25) is 0 Å². The Labute approximate surface area is 233 Å². The molecule has 0 heterocycles. The minimum absolute atomic E-state index is 0.0867. The summed E-state index contributed by atoms with van der Waals surface area (Å²) in [6, 6.07) is 26.4. The van der Waals surface area contributed by atoms with Crippen LogP contribution in [0.1, 0.15) is 32.6 Å². The number of nitrogens with two attached hydrogens (primary N) is 1. The van der Waals surface area contributed by atoms with Crippen LogP contribution >= 0.6 is 11.6 Å². The molecule has 0 aromatic heterocycles. The van der Waals surface area contributed by atoms with Crippen molar-refractivity contribution in [3.8, 4) is 22.6 Å². The highest BCUT2D eigenvalue weighted by molar-refractivity contribution is 6.32. The zero-order valence-electron chi connectivity index (χ0n) is 21.7. The van der Waals surface area contributed by atoms with Gasteiger partial charge in [-0.1, -0.05) is 66.2 Å². The number of aromatic hydroxyl groups is 1. The second-order valence-corrected chi connectivity index (χ2v) is 9.40. The summed E-state index contributed by atoms with van der Waals surface area (Å²) in [5.74, 6) is 0.280. The van der Waals surface area contributed by atoms with Gasteiger partial charge >= 0.3 is 0 Å². The maximum Gasteiger partial charge on any atom is 0.271 e. The molecule has 0 aliphatic heterocycles. The Balaban J connectivity index is 1.42. The molecule has 1 amide bonds. The largest absolute Gasteiger partial charge is 0.506 e. The molecule has 7 nitrogen and oxygen atoms in total. The maximum atomic E-state index is 12.4. The second kappa shape index (κ2) is 13.6. The van der Waals surface area contributed by atoms with Gasteiger partial charge in [0, 0.05) is 30.8 Å². The van der Waals surface area contributed by atoms with Crippen molar-refractivity contribution < 1.29 is 14.6 Å². The third-order valence-electron chi connectivity index (χ3n) is 6.08. The summed E-state index contributed by atoms with van der Waals surface area (Å²) in [5.41, 5.74) is 14.5. The van der Waals surface area contributed by atoms with Crippen LogP contribution in [0.15, 0.2) is 90.0 Å². The molecule has 0 aliphatic rings. The van der Waals surface area contributed by atoms with Gasteiger partial charge < -0.3 is 20.9 Å².